The lowest BCUT2D eigenvalue weighted by Gasteiger charge is -2.40. The van der Waals surface area contributed by atoms with Gasteiger partial charge in [0.2, 0.25) is 0 Å². The van der Waals surface area contributed by atoms with Crippen molar-refractivity contribution in [3.63, 3.8) is 0 Å². The van der Waals surface area contributed by atoms with Gasteiger partial charge in [0, 0.05) is 24.1 Å². The van der Waals surface area contributed by atoms with Gasteiger partial charge < -0.3 is 18.9 Å². The molecule has 0 radical (unpaired) electrons. The van der Waals surface area contributed by atoms with Gasteiger partial charge in [-0.05, 0) is 13.0 Å². The second kappa shape index (κ2) is 11.1. The van der Waals surface area contributed by atoms with Crippen molar-refractivity contribution in [3.05, 3.63) is 50.1 Å². The van der Waals surface area contributed by atoms with E-state index in [1.807, 2.05) is 0 Å². The number of carbonyl (C=O) groups is 4. The van der Waals surface area contributed by atoms with Gasteiger partial charge in [0.25, 0.3) is 0 Å². The van der Waals surface area contributed by atoms with Crippen molar-refractivity contribution in [1.82, 2.24) is 0 Å². The van der Waals surface area contributed by atoms with Crippen molar-refractivity contribution in [2.45, 2.75) is 31.8 Å². The maximum Gasteiger partial charge on any atom is 0.330 e. The van der Waals surface area contributed by atoms with Crippen LogP contribution in [0.25, 0.3) is 0 Å². The highest BCUT2D eigenvalue weighted by atomic mass is 16.7. The van der Waals surface area contributed by atoms with Crippen LogP contribution in [0.2, 0.25) is 0 Å². The molecule has 1 aliphatic heterocycles. The summed E-state index contributed by atoms with van der Waals surface area (Å²) in [6.07, 6.45) is -0.205. The van der Waals surface area contributed by atoms with E-state index in [0.29, 0.717) is 0 Å². The number of hydrogen-bond donors (Lipinski definition) is 0. The second-order valence-electron chi connectivity index (χ2n) is 6.00. The molecule has 1 heterocycles. The summed E-state index contributed by atoms with van der Waals surface area (Å²) in [6, 6.07) is 0. The Morgan fingerprint density at radius 1 is 1.04 bits per heavy atom. The van der Waals surface area contributed by atoms with Crippen LogP contribution in [0.5, 0.6) is 0 Å². The third-order valence-electron chi connectivity index (χ3n) is 4.00. The minimum Gasteiger partial charge on any atom is -0.455 e. The SMILES string of the molecule is C=CC(=O)C[C@@H]1C(OCC(=C)C(C)=O)OC[C@@H](OC(=O)C=C)[C@H]1OC(=O)C=C. The van der Waals surface area contributed by atoms with Gasteiger partial charge >= 0.3 is 11.9 Å². The maximum absolute atomic E-state index is 12.0. The van der Waals surface area contributed by atoms with Crippen LogP contribution >= 0.6 is 0 Å². The van der Waals surface area contributed by atoms with E-state index in [0.717, 1.165) is 18.2 Å². The summed E-state index contributed by atoms with van der Waals surface area (Å²) in [5.41, 5.74) is 0.206. The first-order chi connectivity index (χ1) is 13.2. The molecule has 1 aliphatic rings. The average molecular weight is 392 g/mol. The molecule has 1 rings (SSSR count). The predicted octanol–water partition coefficient (Wildman–Crippen LogP) is 1.46. The van der Waals surface area contributed by atoms with Gasteiger partial charge in [0.1, 0.15) is 6.10 Å². The normalized spacial score (nSPS) is 23.8. The molecule has 1 saturated heterocycles. The fourth-order valence-electron chi connectivity index (χ4n) is 2.47. The standard InChI is InChI=1S/C20H24O8/c1-6-14(22)9-15-19(28-18(24)8-3)16(27-17(23)7-2)11-26-20(15)25-10-12(4)13(5)21/h6-8,15-16,19-20H,1-4,9-11H2,5H3/t15-,16+,19-,20?/m0/s1. The van der Waals surface area contributed by atoms with E-state index in [4.69, 9.17) is 18.9 Å². The minimum atomic E-state index is -1.05. The molecule has 28 heavy (non-hydrogen) atoms. The van der Waals surface area contributed by atoms with E-state index in [2.05, 4.69) is 26.3 Å². The summed E-state index contributed by atoms with van der Waals surface area (Å²) in [5, 5.41) is 0. The molecule has 0 N–H and O–H groups in total. The maximum atomic E-state index is 12.0. The van der Waals surface area contributed by atoms with E-state index in [1.54, 1.807) is 0 Å². The Morgan fingerprint density at radius 3 is 2.18 bits per heavy atom. The van der Waals surface area contributed by atoms with Gasteiger partial charge in [-0.15, -0.1) is 0 Å². The molecule has 0 aliphatic carbocycles. The molecule has 8 heteroatoms. The quantitative estimate of drug-likeness (QED) is 0.384. The summed E-state index contributed by atoms with van der Waals surface area (Å²) in [4.78, 5) is 46.7. The number of ether oxygens (including phenoxy) is 4. The van der Waals surface area contributed by atoms with E-state index in [1.165, 1.54) is 6.92 Å². The highest BCUT2D eigenvalue weighted by Gasteiger charge is 2.46. The van der Waals surface area contributed by atoms with Crippen molar-refractivity contribution < 1.29 is 38.1 Å². The zero-order valence-electron chi connectivity index (χ0n) is 15.8. The van der Waals surface area contributed by atoms with Crippen LogP contribution in [0.1, 0.15) is 13.3 Å². The number of esters is 2. The second-order valence-corrected chi connectivity index (χ2v) is 6.00. The van der Waals surface area contributed by atoms with Gasteiger partial charge in [-0.3, -0.25) is 9.59 Å². The van der Waals surface area contributed by atoms with E-state index >= 15 is 0 Å². The van der Waals surface area contributed by atoms with Gasteiger partial charge in [0.05, 0.1) is 19.1 Å². The number of rotatable bonds is 11. The molecule has 1 unspecified atom stereocenters. The van der Waals surface area contributed by atoms with E-state index < -0.39 is 36.4 Å². The Balaban J connectivity index is 3.13. The summed E-state index contributed by atoms with van der Waals surface area (Å²) < 4.78 is 21.7. The summed E-state index contributed by atoms with van der Waals surface area (Å²) in [7, 11) is 0. The minimum absolute atomic E-state index is 0.141. The lowest BCUT2D eigenvalue weighted by Crippen LogP contribution is -2.54. The van der Waals surface area contributed by atoms with Crippen LogP contribution < -0.4 is 0 Å². The lowest BCUT2D eigenvalue weighted by atomic mass is 9.89. The first-order valence-corrected chi connectivity index (χ1v) is 8.46. The van der Waals surface area contributed by atoms with Gasteiger partial charge in [-0.25, -0.2) is 9.59 Å². The summed E-state index contributed by atoms with van der Waals surface area (Å²) >= 11 is 0. The van der Waals surface area contributed by atoms with Crippen molar-refractivity contribution >= 4 is 23.5 Å². The van der Waals surface area contributed by atoms with Crippen LogP contribution in [0, 0.1) is 5.92 Å². The predicted molar refractivity (Wildman–Crippen MR) is 99.0 cm³/mol. The topological polar surface area (TPSA) is 105 Å². The Labute approximate surface area is 163 Å². The number of Topliss-reactive ketones (excluding diaryl/α,β-unsaturated/α-hetero) is 1. The zero-order chi connectivity index (χ0) is 21.3. The van der Waals surface area contributed by atoms with Crippen LogP contribution in [0.3, 0.4) is 0 Å². The zero-order valence-corrected chi connectivity index (χ0v) is 15.8. The van der Waals surface area contributed by atoms with Crippen LogP contribution in [-0.4, -0.2) is 55.2 Å². The molecule has 0 aromatic heterocycles. The Hall–Kier alpha value is -2.84. The first-order valence-electron chi connectivity index (χ1n) is 8.46. The molecule has 4 atom stereocenters. The smallest absolute Gasteiger partial charge is 0.330 e. The largest absolute Gasteiger partial charge is 0.455 e. The van der Waals surface area contributed by atoms with Gasteiger partial charge in [-0.1, -0.05) is 26.3 Å². The van der Waals surface area contributed by atoms with Crippen molar-refractivity contribution in [1.29, 1.82) is 0 Å². The highest BCUT2D eigenvalue weighted by molar-refractivity contribution is 5.92. The first kappa shape index (κ1) is 23.2. The monoisotopic (exact) mass is 392 g/mol. The molecule has 0 amide bonds. The van der Waals surface area contributed by atoms with E-state index in [-0.39, 0.29) is 36.8 Å². The van der Waals surface area contributed by atoms with Crippen molar-refractivity contribution in [2.75, 3.05) is 13.2 Å². The van der Waals surface area contributed by atoms with E-state index in [9.17, 15) is 19.2 Å². The molecule has 1 fully saturated rings. The molecular formula is C20H24O8. The fourth-order valence-corrected chi connectivity index (χ4v) is 2.47. The lowest BCUT2D eigenvalue weighted by molar-refractivity contribution is -0.256. The third kappa shape index (κ3) is 6.71. The van der Waals surface area contributed by atoms with Crippen molar-refractivity contribution in [2.24, 2.45) is 5.92 Å². The molecular weight excluding hydrogens is 368 g/mol. The van der Waals surface area contributed by atoms with Gasteiger partial charge in [0.15, 0.2) is 24.0 Å². The Kier molecular flexibility index (Phi) is 9.20. The third-order valence-corrected chi connectivity index (χ3v) is 4.00. The van der Waals surface area contributed by atoms with Crippen molar-refractivity contribution in [3.8, 4) is 0 Å². The molecule has 0 bridgehead atoms. The fraction of sp³-hybridized carbons (Fsp3) is 0.400. The average Bonchev–Trinajstić information content (AvgIpc) is 2.68. The molecule has 0 saturated carbocycles. The molecule has 0 aromatic carbocycles. The number of carbonyl (C=O) groups excluding carboxylic acids is 4. The molecule has 8 nitrogen and oxygen atoms in total. The van der Waals surface area contributed by atoms with Gasteiger partial charge in [-0.2, -0.15) is 0 Å². The Morgan fingerprint density at radius 2 is 1.64 bits per heavy atom. The van der Waals surface area contributed by atoms with Crippen LogP contribution in [0.4, 0.5) is 0 Å². The number of ketones is 2. The Bertz CT molecular complexity index is 678. The molecule has 0 spiro atoms. The molecule has 152 valence electrons. The summed E-state index contributed by atoms with van der Waals surface area (Å²) in [5.74, 6) is -2.96. The van der Waals surface area contributed by atoms with Crippen LogP contribution in [-0.2, 0) is 38.1 Å². The number of allylic oxidation sites excluding steroid dienone is 1. The van der Waals surface area contributed by atoms with Crippen LogP contribution in [0.15, 0.2) is 50.1 Å². The molecule has 0 aromatic rings. The highest BCUT2D eigenvalue weighted by Crippen LogP contribution is 2.31. The number of hydrogen-bond acceptors (Lipinski definition) is 8. The summed E-state index contributed by atoms with van der Waals surface area (Å²) in [6.45, 7) is 14.7.